The molecule has 7 heteroatoms. The molecule has 2 aromatic rings. The van der Waals surface area contributed by atoms with Gasteiger partial charge in [0.25, 0.3) is 0 Å². The lowest BCUT2D eigenvalue weighted by molar-refractivity contribution is -0.129. The third-order valence-electron chi connectivity index (χ3n) is 4.10. The fraction of sp³-hybridized carbons (Fsp3) is 0.389. The summed E-state index contributed by atoms with van der Waals surface area (Å²) in [5.41, 5.74) is 0.940. The molecule has 1 saturated heterocycles. The fourth-order valence-corrected chi connectivity index (χ4v) is 2.77. The van der Waals surface area contributed by atoms with E-state index in [-0.39, 0.29) is 12.0 Å². The lowest BCUT2D eigenvalue weighted by atomic mass is 10.1. The zero-order valence-electron chi connectivity index (χ0n) is 14.3. The van der Waals surface area contributed by atoms with Gasteiger partial charge in [0.15, 0.2) is 0 Å². The maximum atomic E-state index is 12.5. The number of hydrogen-bond donors (Lipinski definition) is 0. The molecule has 1 aromatic carbocycles. The van der Waals surface area contributed by atoms with Gasteiger partial charge in [-0.15, -0.1) is 10.2 Å². The minimum Gasteiger partial charge on any atom is -0.497 e. The Hall–Kier alpha value is -2.83. The average Bonchev–Trinajstić information content (AvgIpc) is 3.11. The van der Waals surface area contributed by atoms with E-state index in [2.05, 4.69) is 10.2 Å². The van der Waals surface area contributed by atoms with Gasteiger partial charge in [-0.25, -0.2) is 0 Å². The number of rotatable bonds is 6. The van der Waals surface area contributed by atoms with Gasteiger partial charge in [0.1, 0.15) is 11.9 Å². The Balaban J connectivity index is 1.53. The van der Waals surface area contributed by atoms with Crippen LogP contribution in [-0.2, 0) is 11.2 Å². The number of benzene rings is 1. The first-order valence-corrected chi connectivity index (χ1v) is 8.13. The third kappa shape index (κ3) is 4.37. The van der Waals surface area contributed by atoms with Crippen molar-refractivity contribution >= 4 is 5.91 Å². The van der Waals surface area contributed by atoms with E-state index < -0.39 is 0 Å². The second-order valence-corrected chi connectivity index (χ2v) is 5.81. The van der Waals surface area contributed by atoms with E-state index in [0.29, 0.717) is 31.3 Å². The quantitative estimate of drug-likeness (QED) is 0.795. The average molecular weight is 343 g/mol. The Morgan fingerprint density at radius 3 is 2.68 bits per heavy atom. The summed E-state index contributed by atoms with van der Waals surface area (Å²) < 4.78 is 16.0. The van der Waals surface area contributed by atoms with Gasteiger partial charge >= 0.3 is 0 Å². The summed E-state index contributed by atoms with van der Waals surface area (Å²) in [6, 6.07) is 11.0. The minimum atomic E-state index is -0.0723. The van der Waals surface area contributed by atoms with E-state index >= 15 is 0 Å². The maximum Gasteiger partial charge on any atom is 0.233 e. The molecule has 0 N–H and O–H groups in total. The molecule has 3 rings (SSSR count). The minimum absolute atomic E-state index is 0.0723. The Morgan fingerprint density at radius 2 is 1.96 bits per heavy atom. The predicted octanol–water partition coefficient (Wildman–Crippen LogP) is 1.72. The molecular weight excluding hydrogens is 322 g/mol. The number of ether oxygens (including phenoxy) is 3. The molecule has 0 spiro atoms. The van der Waals surface area contributed by atoms with Crippen molar-refractivity contribution in [2.75, 3.05) is 27.3 Å². The standard InChI is InChI=1S/C18H21N3O4/c1-23-14-5-3-4-13(10-14)11-18(22)21-9-8-15(12-21)25-17-7-6-16(24-2)19-20-17/h3-7,10,15H,8-9,11-12H2,1-2H3. The first-order valence-electron chi connectivity index (χ1n) is 8.13. The van der Waals surface area contributed by atoms with Crippen molar-refractivity contribution in [3.63, 3.8) is 0 Å². The van der Waals surface area contributed by atoms with Crippen molar-refractivity contribution in [2.45, 2.75) is 18.9 Å². The molecule has 1 unspecified atom stereocenters. The van der Waals surface area contributed by atoms with E-state index in [9.17, 15) is 4.79 Å². The number of nitrogens with zero attached hydrogens (tertiary/aromatic N) is 3. The van der Waals surface area contributed by atoms with Gasteiger partial charge in [0.05, 0.1) is 27.2 Å². The smallest absolute Gasteiger partial charge is 0.233 e. The van der Waals surface area contributed by atoms with Crippen LogP contribution in [0.5, 0.6) is 17.5 Å². The molecular formula is C18H21N3O4. The third-order valence-corrected chi connectivity index (χ3v) is 4.10. The van der Waals surface area contributed by atoms with E-state index in [1.54, 1.807) is 19.2 Å². The number of hydrogen-bond acceptors (Lipinski definition) is 6. The number of amides is 1. The molecule has 0 saturated carbocycles. The van der Waals surface area contributed by atoms with Crippen molar-refractivity contribution in [3.05, 3.63) is 42.0 Å². The Morgan fingerprint density at radius 1 is 1.16 bits per heavy atom. The summed E-state index contributed by atoms with van der Waals surface area (Å²) >= 11 is 0. The molecule has 1 aliphatic rings. The van der Waals surface area contributed by atoms with Gasteiger partial charge in [0, 0.05) is 25.1 Å². The monoisotopic (exact) mass is 343 g/mol. The van der Waals surface area contributed by atoms with Gasteiger partial charge in [-0.05, 0) is 17.7 Å². The van der Waals surface area contributed by atoms with Crippen LogP contribution in [0.4, 0.5) is 0 Å². The van der Waals surface area contributed by atoms with Crippen molar-refractivity contribution in [2.24, 2.45) is 0 Å². The zero-order chi connectivity index (χ0) is 17.6. The van der Waals surface area contributed by atoms with Crippen LogP contribution in [-0.4, -0.2) is 54.4 Å². The second-order valence-electron chi connectivity index (χ2n) is 5.81. The highest BCUT2D eigenvalue weighted by molar-refractivity contribution is 5.79. The molecule has 2 heterocycles. The molecule has 7 nitrogen and oxygen atoms in total. The zero-order valence-corrected chi connectivity index (χ0v) is 14.3. The lowest BCUT2D eigenvalue weighted by Gasteiger charge is -2.17. The van der Waals surface area contributed by atoms with E-state index in [0.717, 1.165) is 17.7 Å². The SMILES string of the molecule is COc1cccc(CC(=O)N2CCC(Oc3ccc(OC)nn3)C2)c1. The summed E-state index contributed by atoms with van der Waals surface area (Å²) in [7, 11) is 3.15. The molecule has 1 atom stereocenters. The first-order chi connectivity index (χ1) is 12.2. The van der Waals surface area contributed by atoms with Gasteiger partial charge < -0.3 is 19.1 Å². The molecule has 1 amide bonds. The van der Waals surface area contributed by atoms with E-state index in [4.69, 9.17) is 14.2 Å². The molecule has 1 aliphatic heterocycles. The van der Waals surface area contributed by atoms with Crippen molar-refractivity contribution in [1.29, 1.82) is 0 Å². The largest absolute Gasteiger partial charge is 0.497 e. The molecule has 132 valence electrons. The van der Waals surface area contributed by atoms with Crippen molar-refractivity contribution in [3.8, 4) is 17.5 Å². The summed E-state index contributed by atoms with van der Waals surface area (Å²) in [6.07, 6.45) is 1.06. The molecule has 0 aliphatic carbocycles. The molecule has 25 heavy (non-hydrogen) atoms. The van der Waals surface area contributed by atoms with Gasteiger partial charge in [-0.1, -0.05) is 12.1 Å². The van der Waals surface area contributed by atoms with E-state index in [1.807, 2.05) is 29.2 Å². The Labute approximate surface area is 146 Å². The number of likely N-dealkylation sites (tertiary alicyclic amines) is 1. The van der Waals surface area contributed by atoms with Crippen LogP contribution < -0.4 is 14.2 Å². The van der Waals surface area contributed by atoms with Gasteiger partial charge in [-0.3, -0.25) is 4.79 Å². The molecule has 0 radical (unpaired) electrons. The number of carbonyl (C=O) groups excluding carboxylic acids is 1. The van der Waals surface area contributed by atoms with Crippen molar-refractivity contribution in [1.82, 2.24) is 15.1 Å². The normalized spacial score (nSPS) is 16.6. The van der Waals surface area contributed by atoms with Crippen LogP contribution in [0, 0.1) is 0 Å². The lowest BCUT2D eigenvalue weighted by Crippen LogP contribution is -2.32. The number of carbonyl (C=O) groups is 1. The first kappa shape index (κ1) is 17.0. The summed E-state index contributed by atoms with van der Waals surface area (Å²) in [5.74, 6) is 1.72. The summed E-state index contributed by atoms with van der Waals surface area (Å²) in [4.78, 5) is 14.3. The Kier molecular flexibility index (Phi) is 5.33. The van der Waals surface area contributed by atoms with Crippen LogP contribution in [0.1, 0.15) is 12.0 Å². The molecule has 1 aromatic heterocycles. The maximum absolute atomic E-state index is 12.5. The topological polar surface area (TPSA) is 73.8 Å². The van der Waals surface area contributed by atoms with Crippen LogP contribution in [0.15, 0.2) is 36.4 Å². The summed E-state index contributed by atoms with van der Waals surface area (Å²) in [6.45, 7) is 1.23. The number of methoxy groups -OCH3 is 2. The fourth-order valence-electron chi connectivity index (χ4n) is 2.77. The van der Waals surface area contributed by atoms with Gasteiger partial charge in [0.2, 0.25) is 17.7 Å². The Bertz CT molecular complexity index is 721. The van der Waals surface area contributed by atoms with Crippen LogP contribution in [0.25, 0.3) is 0 Å². The highest BCUT2D eigenvalue weighted by Gasteiger charge is 2.28. The van der Waals surface area contributed by atoms with E-state index in [1.165, 1.54) is 7.11 Å². The highest BCUT2D eigenvalue weighted by atomic mass is 16.5. The van der Waals surface area contributed by atoms with Crippen LogP contribution in [0.2, 0.25) is 0 Å². The van der Waals surface area contributed by atoms with Crippen LogP contribution >= 0.6 is 0 Å². The summed E-state index contributed by atoms with van der Waals surface area (Å²) in [5, 5.41) is 7.83. The molecule has 1 fully saturated rings. The second kappa shape index (κ2) is 7.83. The van der Waals surface area contributed by atoms with Crippen molar-refractivity contribution < 1.29 is 19.0 Å². The number of aromatic nitrogens is 2. The highest BCUT2D eigenvalue weighted by Crippen LogP contribution is 2.19. The predicted molar refractivity (Wildman–Crippen MR) is 90.9 cm³/mol. The van der Waals surface area contributed by atoms with Gasteiger partial charge in [-0.2, -0.15) is 0 Å². The van der Waals surface area contributed by atoms with Crippen LogP contribution in [0.3, 0.4) is 0 Å². The molecule has 0 bridgehead atoms.